The molecule has 0 atom stereocenters. The Morgan fingerprint density at radius 3 is 2.45 bits per heavy atom. The zero-order valence-corrected chi connectivity index (χ0v) is 12.6. The fraction of sp³-hybridized carbons (Fsp3) is 0.824. The van der Waals surface area contributed by atoms with Crippen LogP contribution in [-0.4, -0.2) is 15.3 Å². The minimum Gasteiger partial charge on any atom is -0.306 e. The van der Waals surface area contributed by atoms with Crippen molar-refractivity contribution in [2.75, 3.05) is 0 Å². The van der Waals surface area contributed by atoms with Crippen LogP contribution in [0.1, 0.15) is 57.6 Å². The molecule has 3 heteroatoms. The summed E-state index contributed by atoms with van der Waals surface area (Å²) >= 11 is 0. The molecule has 4 aliphatic carbocycles. The topological polar surface area (TPSA) is 29.9 Å². The Bertz CT molecular complexity index is 441. The molecule has 0 amide bonds. The maximum Gasteiger partial charge on any atom is 0.0522 e. The molecule has 0 spiro atoms. The van der Waals surface area contributed by atoms with E-state index in [1.165, 1.54) is 44.2 Å². The normalized spacial score (nSPS) is 38.5. The quantitative estimate of drug-likeness (QED) is 0.891. The van der Waals surface area contributed by atoms with Crippen LogP contribution in [0, 0.1) is 17.8 Å². The molecule has 4 saturated carbocycles. The lowest BCUT2D eigenvalue weighted by molar-refractivity contribution is -0.0208. The van der Waals surface area contributed by atoms with Crippen LogP contribution in [0.3, 0.4) is 0 Å². The maximum absolute atomic E-state index is 4.45. The van der Waals surface area contributed by atoms with E-state index in [0.717, 1.165) is 37.3 Å². The van der Waals surface area contributed by atoms with Gasteiger partial charge in [0.15, 0.2) is 0 Å². The summed E-state index contributed by atoms with van der Waals surface area (Å²) < 4.78 is 2.17. The van der Waals surface area contributed by atoms with Gasteiger partial charge < -0.3 is 5.32 Å². The lowest BCUT2D eigenvalue weighted by Gasteiger charge is -2.57. The van der Waals surface area contributed by atoms with Crippen molar-refractivity contribution in [2.45, 2.75) is 70.5 Å². The predicted molar refractivity (Wildman–Crippen MR) is 80.3 cm³/mol. The summed E-state index contributed by atoms with van der Waals surface area (Å²) in [6.45, 7) is 4.27. The number of rotatable bonds is 5. The van der Waals surface area contributed by atoms with Gasteiger partial charge in [0, 0.05) is 24.8 Å². The maximum atomic E-state index is 4.45. The van der Waals surface area contributed by atoms with Crippen molar-refractivity contribution >= 4 is 0 Å². The molecule has 4 fully saturated rings. The summed E-state index contributed by atoms with van der Waals surface area (Å²) in [7, 11) is 0. The van der Waals surface area contributed by atoms with Gasteiger partial charge in [-0.3, -0.25) is 4.68 Å². The van der Waals surface area contributed by atoms with Gasteiger partial charge in [-0.1, -0.05) is 6.92 Å². The molecule has 0 aromatic carbocycles. The predicted octanol–water partition coefficient (Wildman–Crippen LogP) is 3.35. The fourth-order valence-electron chi connectivity index (χ4n) is 5.53. The van der Waals surface area contributed by atoms with Crippen molar-refractivity contribution in [3.63, 3.8) is 0 Å². The van der Waals surface area contributed by atoms with Crippen molar-refractivity contribution in [1.82, 2.24) is 15.1 Å². The molecular weight excluding hydrogens is 246 g/mol. The van der Waals surface area contributed by atoms with Crippen LogP contribution in [0.25, 0.3) is 0 Å². The van der Waals surface area contributed by atoms with E-state index in [-0.39, 0.29) is 0 Å². The number of nitrogens with one attached hydrogen (secondary N) is 1. The number of hydrogen-bond acceptors (Lipinski definition) is 2. The average Bonchev–Trinajstić information content (AvgIpc) is 2.83. The van der Waals surface area contributed by atoms with Crippen LogP contribution in [0.15, 0.2) is 12.3 Å². The van der Waals surface area contributed by atoms with E-state index in [1.54, 1.807) is 0 Å². The lowest BCUT2D eigenvalue weighted by Crippen LogP contribution is -2.58. The standard InChI is InChI=1S/C17H27N3/c1-2-5-20-16(3-4-19-20)12-18-17-9-13-6-14(10-17)8-15(7-13)11-17/h3-4,13-15,18H,2,5-12H2,1H3. The second-order valence-electron chi connectivity index (χ2n) is 7.60. The number of aryl methyl sites for hydroxylation is 1. The number of hydrogen-bond donors (Lipinski definition) is 1. The Labute approximate surface area is 122 Å². The molecule has 0 aliphatic heterocycles. The lowest BCUT2D eigenvalue weighted by atomic mass is 9.53. The van der Waals surface area contributed by atoms with Crippen LogP contribution < -0.4 is 5.32 Å². The van der Waals surface area contributed by atoms with Gasteiger partial charge in [-0.05, 0) is 68.8 Å². The number of aromatic nitrogens is 2. The molecule has 1 aromatic heterocycles. The van der Waals surface area contributed by atoms with Gasteiger partial charge in [0.2, 0.25) is 0 Å². The van der Waals surface area contributed by atoms with Crippen molar-refractivity contribution in [2.24, 2.45) is 17.8 Å². The highest BCUT2D eigenvalue weighted by molar-refractivity contribution is 5.08. The Hall–Kier alpha value is -0.830. The Morgan fingerprint density at radius 1 is 1.20 bits per heavy atom. The minimum absolute atomic E-state index is 0.468. The first-order chi connectivity index (χ1) is 9.76. The SMILES string of the molecule is CCCn1nccc1CNC12CC3CC(CC(C3)C1)C2. The zero-order valence-electron chi connectivity index (χ0n) is 12.6. The van der Waals surface area contributed by atoms with Gasteiger partial charge in [0.1, 0.15) is 0 Å². The van der Waals surface area contributed by atoms with Crippen LogP contribution in [0.4, 0.5) is 0 Å². The molecule has 0 unspecified atom stereocenters. The Kier molecular flexibility index (Phi) is 3.13. The van der Waals surface area contributed by atoms with Gasteiger partial charge >= 0.3 is 0 Å². The van der Waals surface area contributed by atoms with E-state index in [0.29, 0.717) is 5.54 Å². The van der Waals surface area contributed by atoms with E-state index in [4.69, 9.17) is 0 Å². The molecule has 4 aliphatic rings. The highest BCUT2D eigenvalue weighted by atomic mass is 15.3. The first-order valence-corrected chi connectivity index (χ1v) is 8.52. The molecule has 0 saturated heterocycles. The van der Waals surface area contributed by atoms with Gasteiger partial charge in [0.05, 0.1) is 5.69 Å². The van der Waals surface area contributed by atoms with Crippen molar-refractivity contribution < 1.29 is 0 Å². The largest absolute Gasteiger partial charge is 0.306 e. The van der Waals surface area contributed by atoms with E-state index in [9.17, 15) is 0 Å². The summed E-state index contributed by atoms with van der Waals surface area (Å²) in [4.78, 5) is 0. The highest BCUT2D eigenvalue weighted by Crippen LogP contribution is 2.55. The second-order valence-corrected chi connectivity index (χ2v) is 7.60. The first-order valence-electron chi connectivity index (χ1n) is 8.52. The second kappa shape index (κ2) is 4.87. The third-order valence-electron chi connectivity index (χ3n) is 5.92. The van der Waals surface area contributed by atoms with Crippen molar-refractivity contribution in [3.05, 3.63) is 18.0 Å². The molecule has 0 radical (unpaired) electrons. The van der Waals surface area contributed by atoms with E-state index >= 15 is 0 Å². The highest BCUT2D eigenvalue weighted by Gasteiger charge is 2.50. The van der Waals surface area contributed by atoms with Crippen LogP contribution >= 0.6 is 0 Å². The van der Waals surface area contributed by atoms with Gasteiger partial charge in [-0.15, -0.1) is 0 Å². The van der Waals surface area contributed by atoms with Gasteiger partial charge in [-0.2, -0.15) is 5.10 Å². The monoisotopic (exact) mass is 273 g/mol. The Balaban J connectivity index is 1.45. The van der Waals surface area contributed by atoms with Gasteiger partial charge in [0.25, 0.3) is 0 Å². The van der Waals surface area contributed by atoms with Crippen LogP contribution in [0.5, 0.6) is 0 Å². The smallest absolute Gasteiger partial charge is 0.0522 e. The number of nitrogens with zero attached hydrogens (tertiary/aromatic N) is 2. The van der Waals surface area contributed by atoms with Crippen LogP contribution in [0.2, 0.25) is 0 Å². The summed E-state index contributed by atoms with van der Waals surface area (Å²) in [5.41, 5.74) is 1.83. The molecule has 3 nitrogen and oxygen atoms in total. The third-order valence-corrected chi connectivity index (χ3v) is 5.92. The molecule has 1 aromatic rings. The van der Waals surface area contributed by atoms with E-state index in [2.05, 4.69) is 28.1 Å². The van der Waals surface area contributed by atoms with Crippen molar-refractivity contribution in [1.29, 1.82) is 0 Å². The summed E-state index contributed by atoms with van der Waals surface area (Å²) in [5, 5.41) is 8.42. The van der Waals surface area contributed by atoms with Crippen molar-refractivity contribution in [3.8, 4) is 0 Å². The van der Waals surface area contributed by atoms with E-state index < -0.39 is 0 Å². The minimum atomic E-state index is 0.468. The van der Waals surface area contributed by atoms with E-state index in [1.807, 2.05) is 6.20 Å². The zero-order chi connectivity index (χ0) is 13.6. The first kappa shape index (κ1) is 12.9. The molecule has 1 heterocycles. The average molecular weight is 273 g/mol. The van der Waals surface area contributed by atoms with Crippen LogP contribution in [-0.2, 0) is 13.1 Å². The Morgan fingerprint density at radius 2 is 1.85 bits per heavy atom. The summed E-state index contributed by atoms with van der Waals surface area (Å²) in [6, 6.07) is 2.18. The third kappa shape index (κ3) is 2.20. The van der Waals surface area contributed by atoms with Gasteiger partial charge in [-0.25, -0.2) is 0 Å². The fourth-order valence-corrected chi connectivity index (χ4v) is 5.53. The molecule has 4 bridgehead atoms. The molecule has 5 rings (SSSR count). The molecule has 110 valence electrons. The summed E-state index contributed by atoms with van der Waals surface area (Å²) in [5.74, 6) is 3.07. The molecule has 1 N–H and O–H groups in total. The molecule has 20 heavy (non-hydrogen) atoms. The summed E-state index contributed by atoms with van der Waals surface area (Å²) in [6.07, 6.45) is 12.0. The molecular formula is C17H27N3.